The van der Waals surface area contributed by atoms with Crippen molar-refractivity contribution in [3.63, 3.8) is 0 Å². The maximum atomic E-state index is 12.8. The summed E-state index contributed by atoms with van der Waals surface area (Å²) in [6, 6.07) is 9.15. The van der Waals surface area contributed by atoms with Crippen molar-refractivity contribution in [1.29, 1.82) is 5.26 Å². The molecule has 0 spiro atoms. The Morgan fingerprint density at radius 3 is 2.42 bits per heavy atom. The zero-order valence-electron chi connectivity index (χ0n) is 15.1. The summed E-state index contributed by atoms with van der Waals surface area (Å²) in [5, 5.41) is 13.4. The van der Waals surface area contributed by atoms with E-state index in [1.807, 2.05) is 13.8 Å². The van der Waals surface area contributed by atoms with E-state index >= 15 is 0 Å². The molecule has 26 heavy (non-hydrogen) atoms. The molecular formula is C19H20Cl2N4O. The van der Waals surface area contributed by atoms with Crippen molar-refractivity contribution in [2.75, 3.05) is 16.8 Å². The molecule has 0 unspecified atom stereocenters. The highest BCUT2D eigenvalue weighted by molar-refractivity contribution is 6.32. The van der Waals surface area contributed by atoms with Gasteiger partial charge in [-0.15, -0.1) is 0 Å². The Bertz CT molecular complexity index is 857. The molecule has 2 rings (SSSR count). The summed E-state index contributed by atoms with van der Waals surface area (Å²) in [6.45, 7) is 7.39. The number of amides is 1. The molecule has 0 radical (unpaired) electrons. The van der Waals surface area contributed by atoms with Crippen LogP contribution in [0.25, 0.3) is 0 Å². The Balaban J connectivity index is 2.24. The topological polar surface area (TPSA) is 69.0 Å². The van der Waals surface area contributed by atoms with Gasteiger partial charge in [0.05, 0.1) is 22.8 Å². The number of aryl methyl sites for hydroxylation is 1. The van der Waals surface area contributed by atoms with Gasteiger partial charge in [-0.25, -0.2) is 4.98 Å². The molecule has 0 saturated carbocycles. The summed E-state index contributed by atoms with van der Waals surface area (Å²) in [4.78, 5) is 18.8. The van der Waals surface area contributed by atoms with E-state index in [0.29, 0.717) is 32.7 Å². The summed E-state index contributed by atoms with van der Waals surface area (Å²) < 4.78 is 0. The number of nitriles is 1. The molecule has 0 fully saturated rings. The molecule has 0 aliphatic heterocycles. The molecule has 0 atom stereocenters. The highest BCUT2D eigenvalue weighted by Crippen LogP contribution is 2.27. The largest absolute Gasteiger partial charge is 0.360 e. The zero-order valence-corrected chi connectivity index (χ0v) is 16.6. The number of carbonyl (C=O) groups excluding carboxylic acids is 1. The van der Waals surface area contributed by atoms with Crippen LogP contribution in [0.2, 0.25) is 10.0 Å². The molecule has 0 bridgehead atoms. The third-order valence-electron chi connectivity index (χ3n) is 3.95. The first-order valence-electron chi connectivity index (χ1n) is 8.14. The molecule has 0 aliphatic carbocycles. The lowest BCUT2D eigenvalue weighted by Crippen LogP contribution is -2.40. The van der Waals surface area contributed by atoms with Gasteiger partial charge in [-0.1, -0.05) is 23.2 Å². The van der Waals surface area contributed by atoms with Crippen molar-refractivity contribution >= 4 is 40.6 Å². The lowest BCUT2D eigenvalue weighted by atomic mass is 10.1. The molecule has 1 N–H and O–H groups in total. The van der Waals surface area contributed by atoms with Crippen LogP contribution in [0.5, 0.6) is 0 Å². The summed E-state index contributed by atoms with van der Waals surface area (Å²) >= 11 is 12.1. The first-order valence-corrected chi connectivity index (χ1v) is 8.90. The number of anilines is 2. The van der Waals surface area contributed by atoms with Crippen LogP contribution >= 0.6 is 23.2 Å². The molecule has 7 heteroatoms. The Morgan fingerprint density at radius 1 is 1.27 bits per heavy atom. The van der Waals surface area contributed by atoms with Gasteiger partial charge in [0, 0.05) is 16.8 Å². The van der Waals surface area contributed by atoms with Crippen molar-refractivity contribution in [2.24, 2.45) is 0 Å². The van der Waals surface area contributed by atoms with Crippen LogP contribution in [-0.2, 0) is 4.79 Å². The Morgan fingerprint density at radius 2 is 1.88 bits per heavy atom. The average Bonchev–Trinajstić information content (AvgIpc) is 2.59. The molecular weight excluding hydrogens is 371 g/mol. The fourth-order valence-electron chi connectivity index (χ4n) is 2.67. The first kappa shape index (κ1) is 20.0. The molecule has 2 aromatic rings. The van der Waals surface area contributed by atoms with E-state index in [0.717, 1.165) is 5.69 Å². The van der Waals surface area contributed by atoms with Gasteiger partial charge in [-0.3, -0.25) is 4.79 Å². The summed E-state index contributed by atoms with van der Waals surface area (Å²) in [7, 11) is 0. The number of carbonyl (C=O) groups is 1. The van der Waals surface area contributed by atoms with Crippen molar-refractivity contribution < 1.29 is 4.79 Å². The summed E-state index contributed by atoms with van der Waals surface area (Å²) in [6.07, 6.45) is 0. The van der Waals surface area contributed by atoms with Gasteiger partial charge in [0.25, 0.3) is 0 Å². The summed E-state index contributed by atoms with van der Waals surface area (Å²) in [5.41, 5.74) is 2.36. The monoisotopic (exact) mass is 390 g/mol. The molecule has 0 aliphatic rings. The number of halogens is 2. The standard InChI is InChI=1S/C19H20Cl2N4O/c1-11(2)25(15-7-5-14(20)6-8-15)17(26)10-23-19-16(9-22)12(3)18(21)13(4)24-19/h5-8,11H,10H2,1-4H3,(H,23,24). The van der Waals surface area contributed by atoms with Gasteiger partial charge in [0.2, 0.25) is 5.91 Å². The fourth-order valence-corrected chi connectivity index (χ4v) is 2.94. The minimum Gasteiger partial charge on any atom is -0.360 e. The SMILES string of the molecule is Cc1nc(NCC(=O)N(c2ccc(Cl)cc2)C(C)C)c(C#N)c(C)c1Cl. The van der Waals surface area contributed by atoms with Crippen molar-refractivity contribution in [3.05, 3.63) is 51.1 Å². The number of hydrogen-bond donors (Lipinski definition) is 1. The molecule has 1 heterocycles. The maximum absolute atomic E-state index is 12.8. The highest BCUT2D eigenvalue weighted by Gasteiger charge is 2.20. The van der Waals surface area contributed by atoms with E-state index in [9.17, 15) is 10.1 Å². The van der Waals surface area contributed by atoms with Crippen LogP contribution in [-0.4, -0.2) is 23.5 Å². The second-order valence-electron chi connectivity index (χ2n) is 6.16. The fraction of sp³-hybridized carbons (Fsp3) is 0.316. The highest BCUT2D eigenvalue weighted by atomic mass is 35.5. The number of pyridine rings is 1. The van der Waals surface area contributed by atoms with Crippen LogP contribution in [0.4, 0.5) is 11.5 Å². The van der Waals surface area contributed by atoms with Crippen LogP contribution in [0, 0.1) is 25.2 Å². The van der Waals surface area contributed by atoms with E-state index in [1.165, 1.54) is 0 Å². The predicted molar refractivity (Wildman–Crippen MR) is 106 cm³/mol. The van der Waals surface area contributed by atoms with Crippen LogP contribution < -0.4 is 10.2 Å². The number of rotatable bonds is 5. The molecule has 0 saturated heterocycles. The maximum Gasteiger partial charge on any atom is 0.246 e. The van der Waals surface area contributed by atoms with Gasteiger partial charge in [0.15, 0.2) is 0 Å². The molecule has 5 nitrogen and oxygen atoms in total. The van der Waals surface area contributed by atoms with E-state index < -0.39 is 0 Å². The van der Waals surface area contributed by atoms with E-state index in [-0.39, 0.29) is 18.5 Å². The Kier molecular flexibility index (Phi) is 6.47. The average molecular weight is 391 g/mol. The van der Waals surface area contributed by atoms with Crippen LogP contribution in [0.3, 0.4) is 0 Å². The van der Waals surface area contributed by atoms with Gasteiger partial charge >= 0.3 is 0 Å². The Labute approximate surface area is 163 Å². The molecule has 136 valence electrons. The third kappa shape index (κ3) is 4.27. The van der Waals surface area contributed by atoms with Crippen molar-refractivity contribution in [1.82, 2.24) is 4.98 Å². The van der Waals surface area contributed by atoms with Gasteiger partial charge < -0.3 is 10.2 Å². The second kappa shape index (κ2) is 8.39. The predicted octanol–water partition coefficient (Wildman–Crippen LogP) is 4.73. The number of hydrogen-bond acceptors (Lipinski definition) is 4. The summed E-state index contributed by atoms with van der Waals surface area (Å²) in [5.74, 6) is 0.221. The van der Waals surface area contributed by atoms with E-state index in [2.05, 4.69) is 16.4 Å². The molecule has 1 amide bonds. The van der Waals surface area contributed by atoms with Crippen molar-refractivity contribution in [3.8, 4) is 6.07 Å². The number of benzene rings is 1. The first-order chi connectivity index (χ1) is 12.3. The molecule has 1 aromatic heterocycles. The Hall–Kier alpha value is -2.29. The van der Waals surface area contributed by atoms with Gasteiger partial charge in [-0.2, -0.15) is 5.26 Å². The minimum atomic E-state index is -0.140. The smallest absolute Gasteiger partial charge is 0.246 e. The second-order valence-corrected chi connectivity index (χ2v) is 6.97. The minimum absolute atomic E-state index is 0.00298. The van der Waals surface area contributed by atoms with Crippen molar-refractivity contribution in [2.45, 2.75) is 33.7 Å². The van der Waals surface area contributed by atoms with Crippen LogP contribution in [0.15, 0.2) is 24.3 Å². The molecule has 1 aromatic carbocycles. The van der Waals surface area contributed by atoms with Gasteiger partial charge in [0.1, 0.15) is 11.9 Å². The normalized spacial score (nSPS) is 10.5. The lowest BCUT2D eigenvalue weighted by Gasteiger charge is -2.27. The lowest BCUT2D eigenvalue weighted by molar-refractivity contribution is -0.117. The van der Waals surface area contributed by atoms with E-state index in [1.54, 1.807) is 43.0 Å². The zero-order chi connectivity index (χ0) is 19.4. The third-order valence-corrected chi connectivity index (χ3v) is 4.76. The number of nitrogens with zero attached hydrogens (tertiary/aromatic N) is 3. The van der Waals surface area contributed by atoms with Crippen LogP contribution in [0.1, 0.15) is 30.7 Å². The quantitative estimate of drug-likeness (QED) is 0.800. The number of aromatic nitrogens is 1. The number of nitrogens with one attached hydrogen (secondary N) is 1. The van der Waals surface area contributed by atoms with E-state index in [4.69, 9.17) is 23.2 Å². The van der Waals surface area contributed by atoms with Gasteiger partial charge in [-0.05, 0) is 57.5 Å².